The molecule has 2 heterocycles. The van der Waals surface area contributed by atoms with E-state index in [2.05, 4.69) is 48.7 Å². The number of aryl methyl sites for hydroxylation is 1. The second kappa shape index (κ2) is 9.53. The maximum absolute atomic E-state index is 10.4. The van der Waals surface area contributed by atoms with Gasteiger partial charge in [0, 0.05) is 42.8 Å². The van der Waals surface area contributed by atoms with Crippen molar-refractivity contribution >= 4 is 57.6 Å². The van der Waals surface area contributed by atoms with E-state index in [0.29, 0.717) is 6.54 Å². The number of hydrogen-bond acceptors (Lipinski definition) is 3. The predicted octanol–water partition coefficient (Wildman–Crippen LogP) is 2.67. The van der Waals surface area contributed by atoms with Gasteiger partial charge >= 0.3 is 0 Å². The van der Waals surface area contributed by atoms with Crippen LogP contribution in [0.2, 0.25) is 0 Å². The minimum atomic E-state index is -0.639. The molecule has 1 aliphatic rings. The molecular formula is C15H26BrIN4OS. The summed E-state index contributed by atoms with van der Waals surface area (Å²) < 4.78 is 3.18. The Kier molecular flexibility index (Phi) is 8.75. The largest absolute Gasteiger partial charge is 0.387 e. The van der Waals surface area contributed by atoms with Crippen LogP contribution in [0.4, 0.5) is 0 Å². The molecule has 0 aliphatic carbocycles. The third kappa shape index (κ3) is 6.13. The van der Waals surface area contributed by atoms with Crippen LogP contribution in [0.15, 0.2) is 21.7 Å². The maximum atomic E-state index is 10.4. The van der Waals surface area contributed by atoms with E-state index in [4.69, 9.17) is 0 Å². The number of aliphatic hydroxyl groups is 1. The number of nitrogens with zero attached hydrogens (tertiary/aromatic N) is 3. The van der Waals surface area contributed by atoms with Crippen molar-refractivity contribution in [3.05, 3.63) is 22.4 Å². The number of rotatable bonds is 5. The van der Waals surface area contributed by atoms with Crippen molar-refractivity contribution in [2.45, 2.75) is 25.5 Å². The molecule has 1 unspecified atom stereocenters. The van der Waals surface area contributed by atoms with Crippen LogP contribution in [0.3, 0.4) is 0 Å². The average molecular weight is 517 g/mol. The molecule has 0 spiro atoms. The summed E-state index contributed by atoms with van der Waals surface area (Å²) in [5.41, 5.74) is 0.565. The molecule has 1 aromatic heterocycles. The van der Waals surface area contributed by atoms with E-state index in [1.54, 1.807) is 11.8 Å². The molecule has 0 bridgehead atoms. The number of nitrogens with one attached hydrogen (secondary N) is 1. The van der Waals surface area contributed by atoms with Crippen molar-refractivity contribution in [1.82, 2.24) is 14.8 Å². The zero-order valence-corrected chi connectivity index (χ0v) is 18.6. The lowest BCUT2D eigenvalue weighted by Crippen LogP contribution is -2.41. The summed E-state index contributed by atoms with van der Waals surface area (Å²) in [4.78, 5) is 6.74. The Morgan fingerprint density at radius 2 is 2.35 bits per heavy atom. The van der Waals surface area contributed by atoms with E-state index in [9.17, 15) is 5.11 Å². The second-order valence-electron chi connectivity index (χ2n) is 5.81. The molecular weight excluding hydrogens is 491 g/mol. The number of thioether (sulfide) groups is 1. The lowest BCUT2D eigenvalue weighted by atomic mass is 10.1. The molecule has 0 radical (unpaired) electrons. The van der Waals surface area contributed by atoms with Crippen molar-refractivity contribution in [3.8, 4) is 0 Å². The van der Waals surface area contributed by atoms with E-state index in [-0.39, 0.29) is 24.0 Å². The predicted molar refractivity (Wildman–Crippen MR) is 113 cm³/mol. The van der Waals surface area contributed by atoms with Gasteiger partial charge in [-0.2, -0.15) is 11.8 Å². The van der Waals surface area contributed by atoms with E-state index < -0.39 is 5.60 Å². The summed E-state index contributed by atoms with van der Waals surface area (Å²) in [6, 6.07) is 2.11. The van der Waals surface area contributed by atoms with Gasteiger partial charge in [-0.05, 0) is 41.1 Å². The zero-order valence-electron chi connectivity index (χ0n) is 13.9. The average Bonchev–Trinajstić information content (AvgIpc) is 3.01. The van der Waals surface area contributed by atoms with Crippen molar-refractivity contribution in [3.63, 3.8) is 0 Å². The molecule has 5 nitrogen and oxygen atoms in total. The Bertz CT molecular complexity index is 532. The highest BCUT2D eigenvalue weighted by atomic mass is 127. The van der Waals surface area contributed by atoms with Gasteiger partial charge in [0.15, 0.2) is 5.96 Å². The second-order valence-corrected chi connectivity index (χ2v) is 7.83. The minimum Gasteiger partial charge on any atom is -0.387 e. The lowest BCUT2D eigenvalue weighted by Gasteiger charge is -2.24. The topological polar surface area (TPSA) is 52.8 Å². The van der Waals surface area contributed by atoms with E-state index in [1.807, 2.05) is 20.3 Å². The molecule has 1 aromatic rings. The molecule has 2 N–H and O–H groups in total. The van der Waals surface area contributed by atoms with Gasteiger partial charge in [-0.15, -0.1) is 24.0 Å². The number of aromatic nitrogens is 1. The summed E-state index contributed by atoms with van der Waals surface area (Å²) in [6.07, 6.45) is 2.88. The van der Waals surface area contributed by atoms with Crippen LogP contribution in [0.5, 0.6) is 0 Å². The van der Waals surface area contributed by atoms with Gasteiger partial charge in [0.1, 0.15) is 0 Å². The van der Waals surface area contributed by atoms with E-state index in [0.717, 1.165) is 41.4 Å². The number of aliphatic imine (C=N–C) groups is 1. The molecule has 1 atom stereocenters. The number of hydrogen-bond donors (Lipinski definition) is 2. The lowest BCUT2D eigenvalue weighted by molar-refractivity contribution is 0.0776. The third-order valence-corrected chi connectivity index (χ3v) is 5.44. The molecule has 8 heteroatoms. The van der Waals surface area contributed by atoms with E-state index in [1.165, 1.54) is 5.69 Å². The number of halogens is 2. The Morgan fingerprint density at radius 1 is 1.61 bits per heavy atom. The highest BCUT2D eigenvalue weighted by molar-refractivity contribution is 14.0. The van der Waals surface area contributed by atoms with Gasteiger partial charge < -0.3 is 19.9 Å². The standard InChI is InChI=1S/C15H25BrN4OS.HI/c1-4-17-14(18-10-15(21)5-6-22-11-15)20(3)9-13-7-12(16)8-19(13)2;/h7-8,21H,4-6,9-11H2,1-3H3,(H,17,18);1H. The quantitative estimate of drug-likeness (QED) is 0.359. The molecule has 1 aliphatic heterocycles. The Morgan fingerprint density at radius 3 is 2.87 bits per heavy atom. The monoisotopic (exact) mass is 516 g/mol. The fraction of sp³-hybridized carbons (Fsp3) is 0.667. The maximum Gasteiger partial charge on any atom is 0.194 e. The molecule has 2 rings (SSSR count). The number of guanidine groups is 1. The summed E-state index contributed by atoms with van der Waals surface area (Å²) in [6.45, 7) is 4.10. The first-order valence-corrected chi connectivity index (χ1v) is 9.48. The molecule has 1 fully saturated rings. The highest BCUT2D eigenvalue weighted by Gasteiger charge is 2.31. The Balaban J connectivity index is 0.00000264. The summed E-state index contributed by atoms with van der Waals surface area (Å²) in [7, 11) is 4.06. The van der Waals surface area contributed by atoms with Crippen molar-refractivity contribution in [2.75, 3.05) is 31.6 Å². The fourth-order valence-electron chi connectivity index (χ4n) is 2.45. The van der Waals surface area contributed by atoms with Gasteiger partial charge in [0.2, 0.25) is 0 Å². The van der Waals surface area contributed by atoms with Crippen LogP contribution in [-0.2, 0) is 13.6 Å². The Hall–Kier alpha value is 0.0700. The first kappa shape index (κ1) is 21.1. The van der Waals surface area contributed by atoms with Crippen molar-refractivity contribution < 1.29 is 5.11 Å². The van der Waals surface area contributed by atoms with Crippen LogP contribution in [0, 0.1) is 0 Å². The van der Waals surface area contributed by atoms with Gasteiger partial charge in [0.05, 0.1) is 18.7 Å². The normalized spacial score (nSPS) is 21.2. The SMILES string of the molecule is CCNC(=NCC1(O)CCSC1)N(C)Cc1cc(Br)cn1C.I. The van der Waals surface area contributed by atoms with Crippen LogP contribution in [0.1, 0.15) is 19.0 Å². The van der Waals surface area contributed by atoms with Crippen LogP contribution < -0.4 is 5.32 Å². The van der Waals surface area contributed by atoms with Gasteiger partial charge in [-0.3, -0.25) is 4.99 Å². The van der Waals surface area contributed by atoms with Crippen LogP contribution >= 0.6 is 51.7 Å². The van der Waals surface area contributed by atoms with Gasteiger partial charge in [-0.1, -0.05) is 0 Å². The van der Waals surface area contributed by atoms with Crippen molar-refractivity contribution in [2.24, 2.45) is 12.0 Å². The first-order valence-electron chi connectivity index (χ1n) is 7.54. The first-order chi connectivity index (χ1) is 10.4. The summed E-state index contributed by atoms with van der Waals surface area (Å²) in [5.74, 6) is 2.64. The van der Waals surface area contributed by atoms with Crippen molar-refractivity contribution in [1.29, 1.82) is 0 Å². The fourth-order valence-corrected chi connectivity index (χ4v) is 4.31. The zero-order chi connectivity index (χ0) is 16.2. The highest BCUT2D eigenvalue weighted by Crippen LogP contribution is 2.28. The smallest absolute Gasteiger partial charge is 0.194 e. The van der Waals surface area contributed by atoms with Crippen LogP contribution in [0.25, 0.3) is 0 Å². The Labute approximate surface area is 168 Å². The molecule has 132 valence electrons. The molecule has 23 heavy (non-hydrogen) atoms. The molecule has 0 saturated carbocycles. The summed E-state index contributed by atoms with van der Waals surface area (Å²) in [5, 5.41) is 13.7. The van der Waals surface area contributed by atoms with Gasteiger partial charge in [-0.25, -0.2) is 0 Å². The minimum absolute atomic E-state index is 0. The van der Waals surface area contributed by atoms with Crippen LogP contribution in [-0.4, -0.2) is 57.8 Å². The van der Waals surface area contributed by atoms with E-state index >= 15 is 0 Å². The molecule has 0 aromatic carbocycles. The summed E-state index contributed by atoms with van der Waals surface area (Å²) >= 11 is 5.30. The van der Waals surface area contributed by atoms with Gasteiger partial charge in [0.25, 0.3) is 0 Å². The third-order valence-electron chi connectivity index (χ3n) is 3.78. The molecule has 1 saturated heterocycles. The molecule has 0 amide bonds.